The van der Waals surface area contributed by atoms with Gasteiger partial charge in [-0.1, -0.05) is 31.5 Å². The van der Waals surface area contributed by atoms with Gasteiger partial charge in [0.05, 0.1) is 13.1 Å². The third kappa shape index (κ3) is 2.64. The van der Waals surface area contributed by atoms with Gasteiger partial charge in [0, 0.05) is 5.69 Å². The molecule has 2 amide bonds. The van der Waals surface area contributed by atoms with E-state index in [0.29, 0.717) is 0 Å². The van der Waals surface area contributed by atoms with E-state index in [1.165, 1.54) is 5.56 Å². The van der Waals surface area contributed by atoms with Gasteiger partial charge in [-0.15, -0.1) is 0 Å². The van der Waals surface area contributed by atoms with Crippen LogP contribution in [-0.2, 0) is 16.0 Å². The number of hydrogen-bond acceptors (Lipinski definition) is 3. The van der Waals surface area contributed by atoms with Crippen molar-refractivity contribution >= 4 is 17.5 Å². The molecule has 0 radical (unpaired) electrons. The average molecular weight is 232 g/mol. The molecule has 0 bridgehead atoms. The monoisotopic (exact) mass is 232 g/mol. The molecule has 1 aromatic rings. The van der Waals surface area contributed by atoms with Gasteiger partial charge in [0.25, 0.3) is 0 Å². The number of anilines is 1. The van der Waals surface area contributed by atoms with Crippen molar-refractivity contribution < 1.29 is 9.59 Å². The number of imide groups is 1. The number of para-hydroxylation sites is 1. The van der Waals surface area contributed by atoms with Crippen LogP contribution in [0.3, 0.4) is 0 Å². The molecule has 17 heavy (non-hydrogen) atoms. The predicted octanol–water partition coefficient (Wildman–Crippen LogP) is 1.10. The molecule has 0 aliphatic carbocycles. The molecular formula is C13H16N2O2. The fourth-order valence-electron chi connectivity index (χ4n) is 2.11. The Morgan fingerprint density at radius 1 is 1.18 bits per heavy atom. The fraction of sp³-hybridized carbons (Fsp3) is 0.385. The zero-order valence-electron chi connectivity index (χ0n) is 9.90. The van der Waals surface area contributed by atoms with Gasteiger partial charge in [0.15, 0.2) is 0 Å². The van der Waals surface area contributed by atoms with Crippen LogP contribution in [0.2, 0.25) is 0 Å². The van der Waals surface area contributed by atoms with Gasteiger partial charge in [-0.2, -0.15) is 0 Å². The Hall–Kier alpha value is -1.84. The smallest absolute Gasteiger partial charge is 0.246 e. The van der Waals surface area contributed by atoms with Crippen molar-refractivity contribution in [3.63, 3.8) is 0 Å². The highest BCUT2D eigenvalue weighted by atomic mass is 16.2. The Morgan fingerprint density at radius 2 is 1.82 bits per heavy atom. The van der Waals surface area contributed by atoms with E-state index in [4.69, 9.17) is 0 Å². The maximum atomic E-state index is 11.4. The third-order valence-electron chi connectivity index (χ3n) is 2.80. The lowest BCUT2D eigenvalue weighted by Crippen LogP contribution is -2.51. The van der Waals surface area contributed by atoms with E-state index in [-0.39, 0.29) is 24.9 Å². The summed E-state index contributed by atoms with van der Waals surface area (Å²) in [5.41, 5.74) is 2.19. The van der Waals surface area contributed by atoms with Gasteiger partial charge in [0.2, 0.25) is 11.8 Å². The molecule has 1 aliphatic rings. The molecule has 0 atom stereocenters. The topological polar surface area (TPSA) is 49.4 Å². The van der Waals surface area contributed by atoms with Crippen molar-refractivity contribution in [2.24, 2.45) is 0 Å². The molecule has 1 fully saturated rings. The van der Waals surface area contributed by atoms with Crippen molar-refractivity contribution in [1.82, 2.24) is 5.32 Å². The van der Waals surface area contributed by atoms with E-state index in [9.17, 15) is 9.59 Å². The first-order valence-electron chi connectivity index (χ1n) is 5.86. The first-order valence-corrected chi connectivity index (χ1v) is 5.86. The van der Waals surface area contributed by atoms with Gasteiger partial charge < -0.3 is 4.90 Å². The highest BCUT2D eigenvalue weighted by Crippen LogP contribution is 2.22. The highest BCUT2D eigenvalue weighted by molar-refractivity contribution is 6.02. The lowest BCUT2D eigenvalue weighted by molar-refractivity contribution is -0.130. The summed E-state index contributed by atoms with van der Waals surface area (Å²) >= 11 is 0. The zero-order valence-corrected chi connectivity index (χ0v) is 9.90. The molecule has 4 heteroatoms. The van der Waals surface area contributed by atoms with Crippen LogP contribution in [0.15, 0.2) is 24.3 Å². The van der Waals surface area contributed by atoms with Crippen molar-refractivity contribution in [3.8, 4) is 0 Å². The summed E-state index contributed by atoms with van der Waals surface area (Å²) in [6, 6.07) is 7.94. The molecule has 4 nitrogen and oxygen atoms in total. The van der Waals surface area contributed by atoms with E-state index in [0.717, 1.165) is 18.5 Å². The van der Waals surface area contributed by atoms with Gasteiger partial charge in [0.1, 0.15) is 0 Å². The van der Waals surface area contributed by atoms with Gasteiger partial charge in [-0.3, -0.25) is 14.9 Å². The standard InChI is InChI=1S/C13H16N2O2/c1-2-5-10-6-3-4-7-11(10)15-8-12(16)14-13(17)9-15/h3-4,6-7H,2,5,8-9H2,1H3,(H,14,16,17). The summed E-state index contributed by atoms with van der Waals surface area (Å²) in [5.74, 6) is -0.458. The maximum Gasteiger partial charge on any atom is 0.246 e. The van der Waals surface area contributed by atoms with E-state index in [1.807, 2.05) is 23.1 Å². The second-order valence-corrected chi connectivity index (χ2v) is 4.21. The van der Waals surface area contributed by atoms with Gasteiger partial charge in [-0.05, 0) is 18.1 Å². The maximum absolute atomic E-state index is 11.4. The van der Waals surface area contributed by atoms with E-state index < -0.39 is 0 Å². The van der Waals surface area contributed by atoms with E-state index >= 15 is 0 Å². The summed E-state index contributed by atoms with van der Waals surface area (Å²) in [6.07, 6.45) is 2.01. The fourth-order valence-corrected chi connectivity index (χ4v) is 2.11. The Balaban J connectivity index is 2.26. The number of benzene rings is 1. The number of piperazine rings is 1. The number of carbonyl (C=O) groups is 2. The number of aryl methyl sites for hydroxylation is 1. The number of carbonyl (C=O) groups excluding carboxylic acids is 2. The molecule has 1 heterocycles. The first-order chi connectivity index (χ1) is 8.20. The predicted molar refractivity (Wildman–Crippen MR) is 65.8 cm³/mol. The first kappa shape index (κ1) is 11.6. The molecular weight excluding hydrogens is 216 g/mol. The Morgan fingerprint density at radius 3 is 2.47 bits per heavy atom. The summed E-state index contributed by atoms with van der Waals surface area (Å²) < 4.78 is 0. The van der Waals surface area contributed by atoms with Crippen LogP contribution >= 0.6 is 0 Å². The lowest BCUT2D eigenvalue weighted by Gasteiger charge is -2.29. The zero-order chi connectivity index (χ0) is 12.3. The van der Waals surface area contributed by atoms with Crippen molar-refractivity contribution in [3.05, 3.63) is 29.8 Å². The van der Waals surface area contributed by atoms with Gasteiger partial charge >= 0.3 is 0 Å². The normalized spacial score (nSPS) is 15.9. The second kappa shape index (κ2) is 4.99. The molecule has 90 valence electrons. The van der Waals surface area contributed by atoms with Crippen LogP contribution < -0.4 is 10.2 Å². The summed E-state index contributed by atoms with van der Waals surface area (Å²) in [4.78, 5) is 24.5. The Bertz CT molecular complexity index is 427. The van der Waals surface area contributed by atoms with Crippen LogP contribution in [0.25, 0.3) is 0 Å². The minimum Gasteiger partial charge on any atom is -0.353 e. The number of hydrogen-bond donors (Lipinski definition) is 1. The van der Waals surface area contributed by atoms with Crippen LogP contribution in [0.1, 0.15) is 18.9 Å². The van der Waals surface area contributed by atoms with Gasteiger partial charge in [-0.25, -0.2) is 0 Å². The molecule has 1 N–H and O–H groups in total. The molecule has 1 aromatic carbocycles. The Kier molecular flexibility index (Phi) is 3.42. The van der Waals surface area contributed by atoms with E-state index in [1.54, 1.807) is 0 Å². The summed E-state index contributed by atoms with van der Waals surface area (Å²) in [6.45, 7) is 2.63. The number of amides is 2. The van der Waals surface area contributed by atoms with Crippen LogP contribution in [0.4, 0.5) is 5.69 Å². The van der Waals surface area contributed by atoms with Crippen molar-refractivity contribution in [1.29, 1.82) is 0 Å². The molecule has 2 rings (SSSR count). The van der Waals surface area contributed by atoms with Crippen LogP contribution in [-0.4, -0.2) is 24.9 Å². The van der Waals surface area contributed by atoms with Crippen LogP contribution in [0.5, 0.6) is 0 Å². The summed E-state index contributed by atoms with van der Waals surface area (Å²) in [5, 5.41) is 2.31. The largest absolute Gasteiger partial charge is 0.353 e. The van der Waals surface area contributed by atoms with Crippen molar-refractivity contribution in [2.75, 3.05) is 18.0 Å². The second-order valence-electron chi connectivity index (χ2n) is 4.21. The minimum atomic E-state index is -0.229. The third-order valence-corrected chi connectivity index (χ3v) is 2.80. The average Bonchev–Trinajstić information content (AvgIpc) is 2.29. The quantitative estimate of drug-likeness (QED) is 0.794. The summed E-state index contributed by atoms with van der Waals surface area (Å²) in [7, 11) is 0. The van der Waals surface area contributed by atoms with E-state index in [2.05, 4.69) is 18.3 Å². The Labute approximate surface area is 101 Å². The number of nitrogens with zero attached hydrogens (tertiary/aromatic N) is 1. The molecule has 1 aliphatic heterocycles. The van der Waals surface area contributed by atoms with Crippen LogP contribution in [0, 0.1) is 0 Å². The van der Waals surface area contributed by atoms with Crippen molar-refractivity contribution in [2.45, 2.75) is 19.8 Å². The SMILES string of the molecule is CCCc1ccccc1N1CC(=O)NC(=O)C1. The molecule has 0 aromatic heterocycles. The molecule has 1 saturated heterocycles. The lowest BCUT2D eigenvalue weighted by atomic mass is 10.1. The molecule has 0 unspecified atom stereocenters. The number of nitrogens with one attached hydrogen (secondary N) is 1. The molecule has 0 saturated carbocycles. The minimum absolute atomic E-state index is 0.229. The molecule has 0 spiro atoms. The number of rotatable bonds is 3. The highest BCUT2D eigenvalue weighted by Gasteiger charge is 2.23.